The lowest BCUT2D eigenvalue weighted by Crippen LogP contribution is -2.40. The third-order valence-corrected chi connectivity index (χ3v) is 26.0. The number of piperidine rings is 1. The van der Waals surface area contributed by atoms with Crippen LogP contribution in [0.5, 0.6) is 11.5 Å². The quantitative estimate of drug-likeness (QED) is 0.0188. The largest absolute Gasteiger partial charge is 0.481 e. The van der Waals surface area contributed by atoms with Gasteiger partial charge in [0.25, 0.3) is 5.92 Å². The monoisotopic (exact) mass is 2000 g/mol. The second-order valence-corrected chi connectivity index (χ2v) is 36.7. The first kappa shape index (κ1) is 107. The van der Waals surface area contributed by atoms with Gasteiger partial charge in [0.1, 0.15) is 43.0 Å². The summed E-state index contributed by atoms with van der Waals surface area (Å²) in [5, 5.41) is 20.8. The summed E-state index contributed by atoms with van der Waals surface area (Å²) in [7, 11) is 1.58. The molecule has 2 saturated carbocycles. The maximum atomic E-state index is 15.5. The summed E-state index contributed by atoms with van der Waals surface area (Å²) in [6.07, 6.45) is 4.61. The number of carbonyl (C=O) groups is 4. The Bertz CT molecular complexity index is 5660. The molecule has 16 rings (SSSR count). The molecule has 766 valence electrons. The van der Waals surface area contributed by atoms with Crippen LogP contribution in [0.2, 0.25) is 0 Å². The highest BCUT2D eigenvalue weighted by molar-refractivity contribution is 5.78. The highest BCUT2D eigenvalue weighted by Gasteiger charge is 2.40. The number of benzene rings is 6. The van der Waals surface area contributed by atoms with Crippen molar-refractivity contribution in [2.24, 2.45) is 35.1 Å². The van der Waals surface area contributed by atoms with Gasteiger partial charge in [-0.15, -0.1) is 0 Å². The fourth-order valence-electron chi connectivity index (χ4n) is 18.6. The molecule has 10 aromatic rings. The molecule has 27 nitrogen and oxygen atoms in total. The predicted molar refractivity (Wildman–Crippen MR) is 508 cm³/mol. The number of nitrogens with one attached hydrogen (secondary N) is 4. The molecule has 4 aliphatic heterocycles. The van der Waals surface area contributed by atoms with Gasteiger partial charge in [-0.05, 0) is 188 Å². The molecule has 6 fully saturated rings. The van der Waals surface area contributed by atoms with Gasteiger partial charge in [-0.2, -0.15) is 43.9 Å². The summed E-state index contributed by atoms with van der Waals surface area (Å²) < 4.78 is 215. The zero-order chi connectivity index (χ0) is 102. The fourth-order valence-corrected chi connectivity index (χ4v) is 18.6. The number of nitrogens with two attached hydrogens (primary N) is 2. The Kier molecular flexibility index (Phi) is 36.7. The molecule has 0 radical (unpaired) electrons. The van der Waals surface area contributed by atoms with E-state index in [2.05, 4.69) is 70.6 Å². The number of halogens is 14. The van der Waals surface area contributed by atoms with E-state index in [4.69, 9.17) is 26.0 Å². The van der Waals surface area contributed by atoms with Crippen LogP contribution in [-0.2, 0) is 73.0 Å². The van der Waals surface area contributed by atoms with E-state index in [1.54, 1.807) is 53.2 Å². The molecule has 5 unspecified atom stereocenters. The van der Waals surface area contributed by atoms with E-state index >= 15 is 17.6 Å². The maximum absolute atomic E-state index is 15.5. The molecule has 4 aromatic heterocycles. The summed E-state index contributed by atoms with van der Waals surface area (Å²) >= 11 is 0. The third-order valence-electron chi connectivity index (χ3n) is 26.0. The molecule has 9 N–H and O–H groups in total. The lowest BCUT2D eigenvalue weighted by Gasteiger charge is -2.37. The number of nitrogens with zero attached hydrogens (tertiary/aromatic N) is 12. The lowest BCUT2D eigenvalue weighted by molar-refractivity contribution is -0.159. The molecule has 6 aromatic carbocycles. The second-order valence-electron chi connectivity index (χ2n) is 36.7. The van der Waals surface area contributed by atoms with Crippen molar-refractivity contribution in [3.05, 3.63) is 255 Å². The van der Waals surface area contributed by atoms with Crippen molar-refractivity contribution in [3.8, 4) is 11.5 Å². The molecular formula is C102H116F14N18O9. The number of hydrogen-bond acceptors (Lipinski definition) is 23. The van der Waals surface area contributed by atoms with Crippen molar-refractivity contribution >= 4 is 64.4 Å². The molecule has 0 spiro atoms. The number of aryl methyl sites for hydroxylation is 2. The molecule has 5 atom stereocenters. The number of rotatable bonds is 33. The molecule has 8 heterocycles. The van der Waals surface area contributed by atoms with Gasteiger partial charge in [0.05, 0.1) is 81.2 Å². The Balaban J connectivity index is 0.000000160. The van der Waals surface area contributed by atoms with Gasteiger partial charge in [0, 0.05) is 91.9 Å². The number of carboxylic acid groups (broad SMARTS) is 1. The van der Waals surface area contributed by atoms with Gasteiger partial charge < -0.3 is 76.4 Å². The molecule has 143 heavy (non-hydrogen) atoms. The van der Waals surface area contributed by atoms with E-state index in [9.17, 15) is 63.1 Å². The Labute approximate surface area is 818 Å². The standard InChI is InChI=1S/C26H27F4N5O.C26H26F4N4O.C25H32F3N5O3.C25H31F3N4O4/c1-31-22(36)14-17-5-7-18(8-6-17)15-32-24-23(27)25(34-16-33-24)35-13-3-2-4-21(35)19-9-11-20(12-10-19)26(28,29)30;1-26(29,30)19-9-7-18(8-10-19)22-13-20(27)14-34(22)25-24(28)21(32-15-33-25)11-6-16-2-4-17(5-3-16)12-23(31)35;1-25(27,28)36-19-8-6-18(7-9-19)20-14-35-11-10-33(20)24-22(26)23(31-15-32-24)30-13-17-4-2-16(3-5-17)12-21(29)34;1-25(27,28)36-19-8-6-18(7-9-19)20-14-35-11-10-32(20)24-22(26)23(30-15-31-24)29-13-17-4-2-16(3-5-17)12-21(33)34/h5-12,16,21H,2-4,13-15H2,1H3,(H,31,36)(H,32,33,34);2-5,7-10,15,20,22H,6,11-14H2,1H3,(H2,31,35);6-9,15-17,20H,2-5,10-14H2,1H3,(H2,29,34)(H,30,31,32);6-9,15-17,20H,2-5,10-14H2,1H3,(H,33,34)(H,29,30,31). The minimum Gasteiger partial charge on any atom is -0.481 e. The molecule has 4 saturated heterocycles. The Morgan fingerprint density at radius 3 is 1.29 bits per heavy atom. The van der Waals surface area contributed by atoms with E-state index in [1.807, 2.05) is 46.2 Å². The smallest absolute Gasteiger partial charge is 0.416 e. The van der Waals surface area contributed by atoms with Gasteiger partial charge in [-0.3, -0.25) is 19.2 Å². The van der Waals surface area contributed by atoms with Crippen LogP contribution in [0.15, 0.2) is 171 Å². The van der Waals surface area contributed by atoms with Crippen LogP contribution in [-0.4, -0.2) is 160 Å². The fraction of sp³-hybridized carbons (Fsp3) is 0.451. The number of aromatic nitrogens is 8. The van der Waals surface area contributed by atoms with Crippen molar-refractivity contribution in [2.75, 3.05) is 108 Å². The normalized spacial score (nSPS) is 19.9. The van der Waals surface area contributed by atoms with Gasteiger partial charge in [-0.1, -0.05) is 109 Å². The SMILES string of the molecule is CC(F)(F)Oc1ccc(C2COCCN2c2ncnc(NCC3CCC(CC(=O)O)CC3)c2F)cc1.CC(F)(F)Oc1ccc(C2COCCN2c2ncnc(NCC3CCC(CC(N)=O)CC3)c2F)cc1.CC(F)(F)c1ccc(C2CC(F)CN2c2ncnc(CCc3ccc(CC(N)=O)cc3)c2F)cc1.CNC(=O)Cc1ccc(CNc2ncnc(N3CCCCC3c3ccc(C(F)(F)F)cc3)c2F)cc1. The van der Waals surface area contributed by atoms with Crippen LogP contribution in [0.25, 0.3) is 0 Å². The number of amides is 3. The van der Waals surface area contributed by atoms with Gasteiger partial charge in [-0.25, -0.2) is 57.4 Å². The van der Waals surface area contributed by atoms with E-state index in [0.29, 0.717) is 128 Å². The topological polar surface area (TPSA) is 342 Å². The Hall–Kier alpha value is -13.3. The second kappa shape index (κ2) is 49.1. The van der Waals surface area contributed by atoms with E-state index < -0.39 is 77.2 Å². The summed E-state index contributed by atoms with van der Waals surface area (Å²) in [5.74, 6) is -4.80. The summed E-state index contributed by atoms with van der Waals surface area (Å²) in [6, 6.07) is 36.4. The molecule has 6 aliphatic rings. The number of likely N-dealkylation sites (N-methyl/N-ethyl adjacent to an activating group) is 1. The van der Waals surface area contributed by atoms with Gasteiger partial charge in [0.15, 0.2) is 46.5 Å². The predicted octanol–water partition coefficient (Wildman–Crippen LogP) is 19.3. The highest BCUT2D eigenvalue weighted by Crippen LogP contribution is 2.44. The zero-order valence-corrected chi connectivity index (χ0v) is 79.4. The summed E-state index contributed by atoms with van der Waals surface area (Å²) in [4.78, 5) is 84.6. The minimum absolute atomic E-state index is 0.00172. The van der Waals surface area contributed by atoms with Crippen LogP contribution in [0.3, 0.4) is 0 Å². The number of carbonyl (C=O) groups excluding carboxylic acids is 3. The van der Waals surface area contributed by atoms with Crippen molar-refractivity contribution in [1.82, 2.24) is 45.2 Å². The highest BCUT2D eigenvalue weighted by atomic mass is 19.4. The van der Waals surface area contributed by atoms with Crippen LogP contribution in [0, 0.1) is 46.9 Å². The number of anilines is 7. The van der Waals surface area contributed by atoms with Crippen LogP contribution in [0.1, 0.15) is 196 Å². The zero-order valence-electron chi connectivity index (χ0n) is 79.4. The number of ether oxygens (including phenoxy) is 4. The van der Waals surface area contributed by atoms with E-state index in [-0.39, 0.29) is 138 Å². The van der Waals surface area contributed by atoms with Crippen molar-refractivity contribution in [1.29, 1.82) is 0 Å². The summed E-state index contributed by atoms with van der Waals surface area (Å²) in [6.45, 7) is 6.27. The van der Waals surface area contributed by atoms with E-state index in [1.165, 1.54) is 86.0 Å². The molecular weight excluding hydrogens is 1890 g/mol. The number of aliphatic carboxylic acids is 1. The lowest BCUT2D eigenvalue weighted by atomic mass is 9.80. The van der Waals surface area contributed by atoms with Crippen molar-refractivity contribution in [2.45, 2.75) is 198 Å². The van der Waals surface area contributed by atoms with Gasteiger partial charge >= 0.3 is 24.4 Å². The molecule has 41 heteroatoms. The van der Waals surface area contributed by atoms with Crippen molar-refractivity contribution in [3.63, 3.8) is 0 Å². The van der Waals surface area contributed by atoms with Crippen molar-refractivity contribution < 1.29 is 105 Å². The van der Waals surface area contributed by atoms with Gasteiger partial charge in [0.2, 0.25) is 35.2 Å². The average molecular weight is 2000 g/mol. The number of alkyl halides is 10. The Morgan fingerprint density at radius 2 is 0.839 bits per heavy atom. The first-order chi connectivity index (χ1) is 68.3. The molecule has 0 bridgehead atoms. The number of morpholine rings is 2. The van der Waals surface area contributed by atoms with E-state index in [0.717, 1.165) is 117 Å². The Morgan fingerprint density at radius 1 is 0.434 bits per heavy atom. The molecule has 2 aliphatic carbocycles. The number of hydrogen-bond donors (Lipinski definition) is 7. The first-order valence-corrected chi connectivity index (χ1v) is 47.5. The average Bonchev–Trinajstić information content (AvgIpc) is 1.23. The number of primary amides is 2. The first-order valence-electron chi connectivity index (χ1n) is 47.5. The minimum atomic E-state index is -4.41. The maximum Gasteiger partial charge on any atom is 0.416 e. The van der Waals surface area contributed by atoms with Crippen LogP contribution < -0.4 is 61.8 Å². The number of carboxylic acids is 1. The van der Waals surface area contributed by atoms with Crippen LogP contribution >= 0.6 is 0 Å². The summed E-state index contributed by atoms with van der Waals surface area (Å²) in [5.41, 5.74) is 16.2. The third kappa shape index (κ3) is 30.6. The molecule has 3 amide bonds. The van der Waals surface area contributed by atoms with Crippen LogP contribution in [0.4, 0.5) is 102 Å².